The molecule has 5 nitrogen and oxygen atoms in total. The van der Waals surface area contributed by atoms with Crippen LogP contribution in [0.25, 0.3) is 0 Å². The third-order valence-electron chi connectivity index (χ3n) is 10.3. The summed E-state index contributed by atoms with van der Waals surface area (Å²) in [6.07, 6.45) is 3.76. The Kier molecular flexibility index (Phi) is 6.03. The molecular weight excluding hydrogens is 467 g/mol. The molecule has 5 rings (SSSR count). The number of alkyl halides is 3. The number of rotatable bonds is 3. The van der Waals surface area contributed by atoms with Gasteiger partial charge >= 0.3 is 6.18 Å². The summed E-state index contributed by atoms with van der Waals surface area (Å²) in [5.41, 5.74) is 2.02. The summed E-state index contributed by atoms with van der Waals surface area (Å²) in [5, 5.41) is 2.76. The van der Waals surface area contributed by atoms with Gasteiger partial charge in [0.1, 0.15) is 5.69 Å². The Morgan fingerprint density at radius 1 is 1.17 bits per heavy atom. The second-order valence-electron chi connectivity index (χ2n) is 12.1. The topological polar surface area (TPSA) is 62.3 Å². The van der Waals surface area contributed by atoms with Gasteiger partial charge in [0.25, 0.3) is 0 Å². The maximum atomic E-state index is 12.9. The fourth-order valence-electron chi connectivity index (χ4n) is 8.62. The molecule has 1 unspecified atom stereocenters. The van der Waals surface area contributed by atoms with Gasteiger partial charge in [0, 0.05) is 31.0 Å². The van der Waals surface area contributed by atoms with Gasteiger partial charge in [0.05, 0.1) is 11.9 Å². The quantitative estimate of drug-likeness (QED) is 0.518. The predicted octanol–water partition coefficient (Wildman–Crippen LogP) is 6.42. The van der Waals surface area contributed by atoms with Crippen LogP contribution in [0.1, 0.15) is 77.8 Å². The van der Waals surface area contributed by atoms with Crippen LogP contribution in [-0.2, 0) is 15.8 Å². The molecule has 4 aliphatic rings. The molecule has 2 amide bonds. The molecule has 1 saturated heterocycles. The molecule has 8 heteroatoms. The van der Waals surface area contributed by atoms with Crippen molar-refractivity contribution in [1.29, 1.82) is 0 Å². The van der Waals surface area contributed by atoms with Crippen molar-refractivity contribution in [3.63, 3.8) is 0 Å². The van der Waals surface area contributed by atoms with Gasteiger partial charge in [-0.25, -0.2) is 4.98 Å². The van der Waals surface area contributed by atoms with E-state index in [-0.39, 0.29) is 28.6 Å². The maximum absolute atomic E-state index is 12.9. The Morgan fingerprint density at radius 3 is 2.58 bits per heavy atom. The summed E-state index contributed by atoms with van der Waals surface area (Å²) in [5.74, 6) is 1.96. The average molecular weight is 504 g/mol. The van der Waals surface area contributed by atoms with E-state index in [1.807, 2.05) is 11.9 Å². The lowest BCUT2D eigenvalue weighted by molar-refractivity contribution is -0.141. The largest absolute Gasteiger partial charge is 0.433 e. The van der Waals surface area contributed by atoms with Gasteiger partial charge in [-0.05, 0) is 86.7 Å². The third-order valence-corrected chi connectivity index (χ3v) is 10.3. The van der Waals surface area contributed by atoms with Crippen molar-refractivity contribution in [3.05, 3.63) is 35.3 Å². The van der Waals surface area contributed by atoms with E-state index in [9.17, 15) is 22.8 Å². The van der Waals surface area contributed by atoms with Crippen LogP contribution in [0.5, 0.6) is 0 Å². The van der Waals surface area contributed by atoms with E-state index in [0.29, 0.717) is 36.3 Å². The zero-order valence-electron chi connectivity index (χ0n) is 21.5. The molecule has 1 N–H and O–H groups in total. The Morgan fingerprint density at radius 2 is 1.92 bits per heavy atom. The van der Waals surface area contributed by atoms with E-state index < -0.39 is 11.9 Å². The first-order valence-corrected chi connectivity index (χ1v) is 13.1. The van der Waals surface area contributed by atoms with E-state index in [4.69, 9.17) is 0 Å². The van der Waals surface area contributed by atoms with E-state index in [0.717, 1.165) is 50.8 Å². The normalized spacial score (nSPS) is 36.3. The van der Waals surface area contributed by atoms with Crippen LogP contribution in [0.2, 0.25) is 0 Å². The molecule has 0 spiro atoms. The van der Waals surface area contributed by atoms with Crippen molar-refractivity contribution < 1.29 is 22.8 Å². The number of likely N-dealkylation sites (tertiary alicyclic amines) is 1. The highest BCUT2D eigenvalue weighted by Crippen LogP contribution is 2.67. The fraction of sp³-hybridized carbons (Fsp3) is 0.679. The van der Waals surface area contributed by atoms with Gasteiger partial charge in [-0.3, -0.25) is 9.59 Å². The van der Waals surface area contributed by atoms with E-state index in [2.05, 4.69) is 31.1 Å². The minimum atomic E-state index is -4.50. The molecule has 0 bridgehead atoms. The number of nitrogens with zero attached hydrogens (tertiary/aromatic N) is 2. The Bertz CT molecular complexity index is 1100. The number of piperidine rings is 1. The lowest BCUT2D eigenvalue weighted by atomic mass is 9.48. The number of carbonyl (C=O) groups is 2. The first-order chi connectivity index (χ1) is 16.8. The highest BCUT2D eigenvalue weighted by molar-refractivity contribution is 5.90. The lowest BCUT2D eigenvalue weighted by Crippen LogP contribution is -2.54. The summed E-state index contributed by atoms with van der Waals surface area (Å²) in [7, 11) is 1.93. The fourth-order valence-corrected chi connectivity index (χ4v) is 8.62. The minimum absolute atomic E-state index is 0.0298. The molecule has 2 saturated carbocycles. The molecule has 3 fully saturated rings. The first kappa shape index (κ1) is 25.3. The van der Waals surface area contributed by atoms with Gasteiger partial charge in [0.15, 0.2) is 0 Å². The van der Waals surface area contributed by atoms with Crippen LogP contribution in [0.3, 0.4) is 0 Å². The standard InChI is InChI=1S/C28H36F3N3O2/c1-16-13-19-20-7-5-17(14-23(35)33-18-6-8-22(32-15-18)28(29,30)31)26(20,2)11-9-21(19)27(3)12-10-24(36)34(4)25(16)27/h6,8,15,17,19-21H,5,7,9-14H2,1-4H3,(H,33,35)/t17?,19-,20-,21-,26+,27+/m0/s1. The minimum Gasteiger partial charge on any atom is -0.325 e. The monoisotopic (exact) mass is 503 g/mol. The smallest absolute Gasteiger partial charge is 0.325 e. The zero-order valence-corrected chi connectivity index (χ0v) is 21.5. The van der Waals surface area contributed by atoms with Crippen molar-refractivity contribution in [2.45, 2.75) is 78.3 Å². The summed E-state index contributed by atoms with van der Waals surface area (Å²) < 4.78 is 38.3. The number of anilines is 1. The molecule has 36 heavy (non-hydrogen) atoms. The molecule has 0 aromatic carbocycles. The van der Waals surface area contributed by atoms with E-state index in [1.54, 1.807) is 0 Å². The molecule has 1 aliphatic heterocycles. The van der Waals surface area contributed by atoms with Crippen molar-refractivity contribution in [1.82, 2.24) is 9.88 Å². The molecule has 6 atom stereocenters. The molecule has 196 valence electrons. The van der Waals surface area contributed by atoms with Gasteiger partial charge in [-0.2, -0.15) is 13.2 Å². The molecular formula is C28H36F3N3O2. The van der Waals surface area contributed by atoms with Crippen LogP contribution in [0.15, 0.2) is 29.6 Å². The zero-order chi connectivity index (χ0) is 26.0. The number of nitrogens with one attached hydrogen (secondary N) is 1. The number of fused-ring (bicyclic) bond motifs is 5. The van der Waals surface area contributed by atoms with Crippen LogP contribution in [0, 0.1) is 34.5 Å². The van der Waals surface area contributed by atoms with E-state index >= 15 is 0 Å². The van der Waals surface area contributed by atoms with Crippen molar-refractivity contribution in [2.24, 2.45) is 34.5 Å². The van der Waals surface area contributed by atoms with Gasteiger partial charge < -0.3 is 10.2 Å². The highest BCUT2D eigenvalue weighted by atomic mass is 19.4. The van der Waals surface area contributed by atoms with Crippen molar-refractivity contribution in [3.8, 4) is 0 Å². The van der Waals surface area contributed by atoms with Crippen LogP contribution < -0.4 is 5.32 Å². The molecule has 0 radical (unpaired) electrons. The number of aromatic nitrogens is 1. The molecule has 1 aromatic rings. The first-order valence-electron chi connectivity index (χ1n) is 13.1. The summed E-state index contributed by atoms with van der Waals surface area (Å²) in [6, 6.07) is 2.16. The van der Waals surface area contributed by atoms with Crippen molar-refractivity contribution >= 4 is 17.5 Å². The Hall–Kier alpha value is -2.38. The number of hydrogen-bond acceptors (Lipinski definition) is 3. The van der Waals surface area contributed by atoms with Crippen LogP contribution in [-0.4, -0.2) is 28.7 Å². The lowest BCUT2D eigenvalue weighted by Gasteiger charge is -2.59. The number of pyridine rings is 1. The molecule has 1 aromatic heterocycles. The van der Waals surface area contributed by atoms with Gasteiger partial charge in [-0.1, -0.05) is 19.4 Å². The second-order valence-corrected chi connectivity index (χ2v) is 12.1. The number of amides is 2. The van der Waals surface area contributed by atoms with Crippen molar-refractivity contribution in [2.75, 3.05) is 12.4 Å². The third kappa shape index (κ3) is 3.95. The number of hydrogen-bond donors (Lipinski definition) is 1. The number of carbonyl (C=O) groups excluding carboxylic acids is 2. The predicted molar refractivity (Wildman–Crippen MR) is 130 cm³/mol. The van der Waals surface area contributed by atoms with E-state index in [1.165, 1.54) is 17.3 Å². The molecule has 3 aliphatic carbocycles. The molecule has 2 heterocycles. The van der Waals surface area contributed by atoms with Gasteiger partial charge in [-0.15, -0.1) is 0 Å². The summed E-state index contributed by atoms with van der Waals surface area (Å²) in [4.78, 5) is 30.7. The SMILES string of the molecule is CC1=C2N(C)C(=O)CC[C@]2(C)[C@H]2CC[C@]3(C)C(CC(=O)Nc4ccc(C(F)(F)F)nc4)CC[C@H]3[C@@H]2C1. The highest BCUT2D eigenvalue weighted by Gasteiger charge is 2.60. The average Bonchev–Trinajstić information content (AvgIpc) is 3.12. The van der Waals surface area contributed by atoms with Crippen LogP contribution in [0.4, 0.5) is 18.9 Å². The summed E-state index contributed by atoms with van der Waals surface area (Å²) in [6.45, 7) is 6.92. The van der Waals surface area contributed by atoms with Gasteiger partial charge in [0.2, 0.25) is 11.8 Å². The Labute approximate surface area is 210 Å². The number of allylic oxidation sites excluding steroid dienone is 2. The second kappa shape index (κ2) is 8.59. The maximum Gasteiger partial charge on any atom is 0.433 e. The number of halogens is 3. The summed E-state index contributed by atoms with van der Waals surface area (Å²) >= 11 is 0. The Balaban J connectivity index is 1.30. The van der Waals surface area contributed by atoms with Crippen LogP contribution >= 0.6 is 0 Å².